The van der Waals surface area contributed by atoms with Gasteiger partial charge in [-0.1, -0.05) is 6.42 Å². The van der Waals surface area contributed by atoms with E-state index in [9.17, 15) is 9.90 Å². The summed E-state index contributed by atoms with van der Waals surface area (Å²) in [5, 5.41) is 12.5. The number of nitrogens with one attached hydrogen (secondary N) is 1. The number of carbonyl (C=O) groups is 1. The molecular formula is C14H21N3O2. The highest BCUT2D eigenvalue weighted by atomic mass is 16.3. The van der Waals surface area contributed by atoms with Crippen molar-refractivity contribution in [3.63, 3.8) is 0 Å². The zero-order valence-corrected chi connectivity index (χ0v) is 11.3. The Hall–Kier alpha value is -1.62. The van der Waals surface area contributed by atoms with Crippen LogP contribution in [0.2, 0.25) is 0 Å². The van der Waals surface area contributed by atoms with Crippen LogP contribution in [0.4, 0.5) is 0 Å². The largest absolute Gasteiger partial charge is 0.505 e. The van der Waals surface area contributed by atoms with Crippen molar-refractivity contribution in [2.45, 2.75) is 32.2 Å². The molecule has 1 unspecified atom stereocenters. The normalized spacial score (nSPS) is 17.9. The molecular weight excluding hydrogens is 242 g/mol. The molecule has 5 heteroatoms. The molecule has 0 aromatic carbocycles. The summed E-state index contributed by atoms with van der Waals surface area (Å²) in [7, 11) is 0. The van der Waals surface area contributed by atoms with Crippen molar-refractivity contribution in [3.05, 3.63) is 24.0 Å². The van der Waals surface area contributed by atoms with Gasteiger partial charge in [0.1, 0.15) is 5.75 Å². The van der Waals surface area contributed by atoms with Gasteiger partial charge < -0.3 is 15.3 Å². The number of hydrogen-bond donors (Lipinski definition) is 2. The van der Waals surface area contributed by atoms with Gasteiger partial charge in [-0.15, -0.1) is 0 Å². The van der Waals surface area contributed by atoms with Crippen molar-refractivity contribution in [3.8, 4) is 5.75 Å². The molecule has 1 aliphatic heterocycles. The van der Waals surface area contributed by atoms with Gasteiger partial charge in [-0.05, 0) is 38.9 Å². The number of aromatic hydroxyl groups is 1. The number of piperidine rings is 1. The van der Waals surface area contributed by atoms with Crippen molar-refractivity contribution < 1.29 is 9.90 Å². The van der Waals surface area contributed by atoms with Gasteiger partial charge in [-0.2, -0.15) is 0 Å². The molecule has 19 heavy (non-hydrogen) atoms. The zero-order chi connectivity index (χ0) is 13.7. The molecule has 2 rings (SSSR count). The number of pyridine rings is 1. The number of carbonyl (C=O) groups excluding carboxylic acids is 1. The van der Waals surface area contributed by atoms with Crippen molar-refractivity contribution in [1.82, 2.24) is 15.2 Å². The summed E-state index contributed by atoms with van der Waals surface area (Å²) < 4.78 is 0. The van der Waals surface area contributed by atoms with Gasteiger partial charge in [-0.3, -0.25) is 9.78 Å². The van der Waals surface area contributed by atoms with Crippen molar-refractivity contribution >= 4 is 5.91 Å². The molecule has 104 valence electrons. The second-order valence-corrected chi connectivity index (χ2v) is 5.13. The van der Waals surface area contributed by atoms with Crippen LogP contribution in [0.3, 0.4) is 0 Å². The Morgan fingerprint density at radius 1 is 1.47 bits per heavy atom. The van der Waals surface area contributed by atoms with Gasteiger partial charge in [0.05, 0.1) is 11.8 Å². The number of hydrogen-bond acceptors (Lipinski definition) is 4. The van der Waals surface area contributed by atoms with Gasteiger partial charge in [0.15, 0.2) is 0 Å². The first kappa shape index (κ1) is 13.8. The predicted octanol–water partition coefficient (Wildman–Crippen LogP) is 1.39. The molecule has 1 atom stereocenters. The lowest BCUT2D eigenvalue weighted by Crippen LogP contribution is -2.43. The monoisotopic (exact) mass is 263 g/mol. The average molecular weight is 263 g/mol. The molecule has 0 aliphatic carbocycles. The first-order valence-electron chi connectivity index (χ1n) is 6.83. The maximum absolute atomic E-state index is 12.0. The fourth-order valence-electron chi connectivity index (χ4n) is 2.45. The molecule has 0 spiro atoms. The number of likely N-dealkylation sites (tertiary alicyclic amines) is 1. The second-order valence-electron chi connectivity index (χ2n) is 5.13. The number of amides is 1. The molecule has 1 aromatic rings. The molecule has 0 saturated carbocycles. The van der Waals surface area contributed by atoms with E-state index in [1.807, 2.05) is 6.92 Å². The Bertz CT molecular complexity index is 430. The topological polar surface area (TPSA) is 65.5 Å². The highest BCUT2D eigenvalue weighted by molar-refractivity contribution is 5.96. The SMILES string of the molecule is CC(CN1CCCCC1)NC(=O)c1ccncc1O. The maximum Gasteiger partial charge on any atom is 0.255 e. The Balaban J connectivity index is 1.86. The zero-order valence-electron chi connectivity index (χ0n) is 11.3. The molecule has 2 heterocycles. The quantitative estimate of drug-likeness (QED) is 0.861. The van der Waals surface area contributed by atoms with E-state index >= 15 is 0 Å². The maximum atomic E-state index is 12.0. The van der Waals surface area contributed by atoms with Crippen molar-refractivity contribution in [2.75, 3.05) is 19.6 Å². The molecule has 0 bridgehead atoms. The van der Waals surface area contributed by atoms with Crippen molar-refractivity contribution in [2.24, 2.45) is 0 Å². The van der Waals surface area contributed by atoms with Crippen molar-refractivity contribution in [1.29, 1.82) is 0 Å². The minimum absolute atomic E-state index is 0.0677. The van der Waals surface area contributed by atoms with Gasteiger partial charge in [0, 0.05) is 18.8 Å². The third-order valence-electron chi connectivity index (χ3n) is 3.40. The molecule has 1 aliphatic rings. The van der Waals surface area contributed by atoms with Crippen LogP contribution in [0.25, 0.3) is 0 Å². The Kier molecular flexibility index (Phi) is 4.74. The number of aromatic nitrogens is 1. The molecule has 1 amide bonds. The third kappa shape index (κ3) is 3.92. The molecule has 0 radical (unpaired) electrons. The summed E-state index contributed by atoms with van der Waals surface area (Å²) in [6, 6.07) is 1.59. The van der Waals surface area contributed by atoms with Gasteiger partial charge in [0.25, 0.3) is 5.91 Å². The molecule has 5 nitrogen and oxygen atoms in total. The summed E-state index contributed by atoms with van der Waals surface area (Å²) in [6.45, 7) is 5.07. The van der Waals surface area contributed by atoms with E-state index in [4.69, 9.17) is 0 Å². The predicted molar refractivity (Wildman–Crippen MR) is 73.1 cm³/mol. The molecule has 2 N–H and O–H groups in total. The van der Waals surface area contributed by atoms with Crippen LogP contribution in [0, 0.1) is 0 Å². The highest BCUT2D eigenvalue weighted by Gasteiger charge is 2.17. The Morgan fingerprint density at radius 3 is 2.89 bits per heavy atom. The third-order valence-corrected chi connectivity index (χ3v) is 3.40. The van der Waals surface area contributed by atoms with Crippen LogP contribution in [0.15, 0.2) is 18.5 Å². The Morgan fingerprint density at radius 2 is 2.21 bits per heavy atom. The molecule has 1 fully saturated rings. The molecule has 1 saturated heterocycles. The first-order valence-corrected chi connectivity index (χ1v) is 6.83. The standard InChI is InChI=1S/C14H21N3O2/c1-11(10-17-7-3-2-4-8-17)16-14(19)12-5-6-15-9-13(12)18/h5-6,9,11,18H,2-4,7-8,10H2,1H3,(H,16,19). The van der Waals surface area contributed by atoms with Crippen LogP contribution in [0.1, 0.15) is 36.5 Å². The fourth-order valence-corrected chi connectivity index (χ4v) is 2.45. The lowest BCUT2D eigenvalue weighted by atomic mass is 10.1. The van der Waals surface area contributed by atoms with E-state index in [-0.39, 0.29) is 23.3 Å². The summed E-state index contributed by atoms with van der Waals surface area (Å²) in [4.78, 5) is 18.1. The lowest BCUT2D eigenvalue weighted by molar-refractivity contribution is 0.0923. The van der Waals surface area contributed by atoms with Crippen LogP contribution < -0.4 is 5.32 Å². The fraction of sp³-hybridized carbons (Fsp3) is 0.571. The number of rotatable bonds is 4. The van der Waals surface area contributed by atoms with Gasteiger partial charge >= 0.3 is 0 Å². The van der Waals surface area contributed by atoms with Crippen LogP contribution in [0.5, 0.6) is 5.75 Å². The summed E-state index contributed by atoms with van der Waals surface area (Å²) in [6.07, 6.45) is 6.58. The van der Waals surface area contributed by atoms with E-state index < -0.39 is 0 Å². The Labute approximate surface area is 113 Å². The lowest BCUT2D eigenvalue weighted by Gasteiger charge is -2.29. The van der Waals surface area contributed by atoms with E-state index in [1.165, 1.54) is 37.7 Å². The van der Waals surface area contributed by atoms with Crippen LogP contribution >= 0.6 is 0 Å². The minimum atomic E-state index is -0.246. The number of nitrogens with zero attached hydrogens (tertiary/aromatic N) is 2. The van der Waals surface area contributed by atoms with E-state index in [2.05, 4.69) is 15.2 Å². The molecule has 1 aromatic heterocycles. The van der Waals surface area contributed by atoms with Gasteiger partial charge in [-0.25, -0.2) is 0 Å². The van der Waals surface area contributed by atoms with Crippen LogP contribution in [-0.4, -0.2) is 46.6 Å². The van der Waals surface area contributed by atoms with Gasteiger partial charge in [0.2, 0.25) is 0 Å². The first-order chi connectivity index (χ1) is 9.16. The average Bonchev–Trinajstić information content (AvgIpc) is 2.40. The minimum Gasteiger partial charge on any atom is -0.505 e. The smallest absolute Gasteiger partial charge is 0.255 e. The van der Waals surface area contributed by atoms with E-state index in [0.717, 1.165) is 19.6 Å². The summed E-state index contributed by atoms with van der Waals surface area (Å²) in [5.41, 5.74) is 0.278. The summed E-state index contributed by atoms with van der Waals surface area (Å²) in [5.74, 6) is -0.324. The summed E-state index contributed by atoms with van der Waals surface area (Å²) >= 11 is 0. The highest BCUT2D eigenvalue weighted by Crippen LogP contribution is 2.14. The van der Waals surface area contributed by atoms with E-state index in [1.54, 1.807) is 0 Å². The van der Waals surface area contributed by atoms with E-state index in [0.29, 0.717) is 0 Å². The second kappa shape index (κ2) is 6.52. The van der Waals surface area contributed by atoms with Crippen LogP contribution in [-0.2, 0) is 0 Å².